The van der Waals surface area contributed by atoms with E-state index in [9.17, 15) is 4.79 Å². The van der Waals surface area contributed by atoms with Crippen molar-refractivity contribution in [1.82, 2.24) is 10.3 Å². The van der Waals surface area contributed by atoms with Gasteiger partial charge in [0.15, 0.2) is 0 Å². The molecule has 0 saturated heterocycles. The molecule has 0 fully saturated rings. The van der Waals surface area contributed by atoms with Gasteiger partial charge in [-0.15, -0.1) is 0 Å². The zero-order chi connectivity index (χ0) is 13.0. The summed E-state index contributed by atoms with van der Waals surface area (Å²) >= 11 is 0. The van der Waals surface area contributed by atoms with Crippen LogP contribution in [-0.4, -0.2) is 16.9 Å². The summed E-state index contributed by atoms with van der Waals surface area (Å²) in [5, 5.41) is 2.91. The highest BCUT2D eigenvalue weighted by molar-refractivity contribution is 5.94. The van der Waals surface area contributed by atoms with Crippen LogP contribution in [0.5, 0.6) is 0 Å². The van der Waals surface area contributed by atoms with E-state index in [-0.39, 0.29) is 11.9 Å². The maximum atomic E-state index is 11.9. The van der Waals surface area contributed by atoms with Crippen LogP contribution in [0.2, 0.25) is 0 Å². The molecule has 0 saturated carbocycles. The van der Waals surface area contributed by atoms with Crippen LogP contribution in [-0.2, 0) is 6.42 Å². The van der Waals surface area contributed by atoms with E-state index in [1.807, 2.05) is 32.0 Å². The van der Waals surface area contributed by atoms with Crippen molar-refractivity contribution in [3.8, 4) is 0 Å². The van der Waals surface area contributed by atoms with Gasteiger partial charge in [-0.2, -0.15) is 0 Å². The molecule has 2 aromatic heterocycles. The lowest BCUT2D eigenvalue weighted by molar-refractivity contribution is 0.0939. The quantitative estimate of drug-likeness (QED) is 0.898. The Morgan fingerprint density at radius 2 is 2.28 bits per heavy atom. The Hall–Kier alpha value is -2.10. The first-order valence-corrected chi connectivity index (χ1v) is 5.91. The third-order valence-electron chi connectivity index (χ3n) is 2.64. The third-order valence-corrected chi connectivity index (χ3v) is 2.64. The summed E-state index contributed by atoms with van der Waals surface area (Å²) in [5.41, 5.74) is 1.47. The van der Waals surface area contributed by atoms with Gasteiger partial charge in [-0.05, 0) is 38.1 Å². The Kier molecular flexibility index (Phi) is 3.77. The van der Waals surface area contributed by atoms with Gasteiger partial charge in [-0.1, -0.05) is 0 Å². The van der Waals surface area contributed by atoms with Crippen LogP contribution >= 0.6 is 0 Å². The second-order valence-corrected chi connectivity index (χ2v) is 4.35. The normalized spacial score (nSPS) is 12.1. The Morgan fingerprint density at radius 1 is 1.44 bits per heavy atom. The lowest BCUT2D eigenvalue weighted by Crippen LogP contribution is -2.34. The first kappa shape index (κ1) is 12.4. The number of aryl methyl sites for hydroxylation is 1. The topological polar surface area (TPSA) is 55.1 Å². The standard InChI is InChI=1S/C14H16N2O2/c1-10-5-6-12(9-15-10)14(17)16-11(2)8-13-4-3-7-18-13/h3-7,9,11H,8H2,1-2H3,(H,16,17). The summed E-state index contributed by atoms with van der Waals surface area (Å²) in [5.74, 6) is 0.756. The SMILES string of the molecule is Cc1ccc(C(=O)NC(C)Cc2ccco2)cn1. The lowest BCUT2D eigenvalue weighted by Gasteiger charge is -2.12. The molecular weight excluding hydrogens is 228 g/mol. The molecule has 1 amide bonds. The average molecular weight is 244 g/mol. The Labute approximate surface area is 106 Å². The molecule has 0 aromatic carbocycles. The summed E-state index contributed by atoms with van der Waals surface area (Å²) < 4.78 is 5.24. The first-order valence-electron chi connectivity index (χ1n) is 5.91. The van der Waals surface area contributed by atoms with Gasteiger partial charge in [-0.25, -0.2) is 0 Å². The minimum absolute atomic E-state index is 0.0185. The molecule has 94 valence electrons. The van der Waals surface area contributed by atoms with Crippen molar-refractivity contribution in [3.63, 3.8) is 0 Å². The van der Waals surface area contributed by atoms with Crippen molar-refractivity contribution in [2.75, 3.05) is 0 Å². The molecule has 0 aliphatic carbocycles. The zero-order valence-electron chi connectivity index (χ0n) is 10.5. The second-order valence-electron chi connectivity index (χ2n) is 4.35. The molecule has 2 heterocycles. The number of nitrogens with one attached hydrogen (secondary N) is 1. The highest BCUT2D eigenvalue weighted by atomic mass is 16.3. The van der Waals surface area contributed by atoms with Gasteiger partial charge in [0, 0.05) is 24.4 Å². The molecule has 1 atom stereocenters. The van der Waals surface area contributed by atoms with Gasteiger partial charge in [0.05, 0.1) is 11.8 Å². The highest BCUT2D eigenvalue weighted by Crippen LogP contribution is 2.05. The summed E-state index contributed by atoms with van der Waals surface area (Å²) in [6.07, 6.45) is 3.90. The molecule has 2 rings (SSSR count). The molecule has 4 heteroatoms. The van der Waals surface area contributed by atoms with Crippen molar-refractivity contribution < 1.29 is 9.21 Å². The number of carbonyl (C=O) groups excluding carboxylic acids is 1. The summed E-state index contributed by atoms with van der Waals surface area (Å²) in [6.45, 7) is 3.84. The van der Waals surface area contributed by atoms with Gasteiger partial charge in [0.1, 0.15) is 5.76 Å². The van der Waals surface area contributed by atoms with E-state index in [0.717, 1.165) is 11.5 Å². The van der Waals surface area contributed by atoms with E-state index in [4.69, 9.17) is 4.42 Å². The first-order chi connectivity index (χ1) is 8.65. The van der Waals surface area contributed by atoms with Crippen LogP contribution in [0.25, 0.3) is 0 Å². The molecule has 18 heavy (non-hydrogen) atoms. The molecule has 1 N–H and O–H groups in total. The maximum absolute atomic E-state index is 11.9. The molecule has 0 aliphatic heterocycles. The fourth-order valence-corrected chi connectivity index (χ4v) is 1.69. The predicted molar refractivity (Wildman–Crippen MR) is 68.3 cm³/mol. The zero-order valence-corrected chi connectivity index (χ0v) is 10.5. The molecular formula is C14H16N2O2. The number of amides is 1. The van der Waals surface area contributed by atoms with E-state index in [1.54, 1.807) is 18.5 Å². The van der Waals surface area contributed by atoms with Crippen LogP contribution in [0.1, 0.15) is 28.7 Å². The fourth-order valence-electron chi connectivity index (χ4n) is 1.69. The summed E-state index contributed by atoms with van der Waals surface area (Å²) in [6, 6.07) is 7.36. The minimum atomic E-state index is -0.110. The molecule has 1 unspecified atom stereocenters. The Balaban J connectivity index is 1.92. The number of hydrogen-bond donors (Lipinski definition) is 1. The van der Waals surface area contributed by atoms with Crippen molar-refractivity contribution in [1.29, 1.82) is 0 Å². The Morgan fingerprint density at radius 3 is 2.89 bits per heavy atom. The minimum Gasteiger partial charge on any atom is -0.469 e. The predicted octanol–water partition coefficient (Wildman–Crippen LogP) is 2.34. The lowest BCUT2D eigenvalue weighted by atomic mass is 10.1. The monoisotopic (exact) mass is 244 g/mol. The van der Waals surface area contributed by atoms with Gasteiger partial charge in [0.25, 0.3) is 5.91 Å². The summed E-state index contributed by atoms with van der Waals surface area (Å²) in [4.78, 5) is 16.0. The third kappa shape index (κ3) is 3.20. The van der Waals surface area contributed by atoms with Gasteiger partial charge < -0.3 is 9.73 Å². The van der Waals surface area contributed by atoms with Crippen molar-refractivity contribution in [3.05, 3.63) is 53.7 Å². The smallest absolute Gasteiger partial charge is 0.253 e. The number of aromatic nitrogens is 1. The van der Waals surface area contributed by atoms with E-state index in [0.29, 0.717) is 12.0 Å². The summed E-state index contributed by atoms with van der Waals surface area (Å²) in [7, 11) is 0. The van der Waals surface area contributed by atoms with Gasteiger partial charge in [0.2, 0.25) is 0 Å². The van der Waals surface area contributed by atoms with E-state index in [1.165, 1.54) is 0 Å². The van der Waals surface area contributed by atoms with Crippen molar-refractivity contribution in [2.45, 2.75) is 26.3 Å². The Bertz CT molecular complexity index is 503. The maximum Gasteiger partial charge on any atom is 0.253 e. The molecule has 0 aliphatic rings. The van der Waals surface area contributed by atoms with E-state index < -0.39 is 0 Å². The van der Waals surface area contributed by atoms with Crippen molar-refractivity contribution in [2.24, 2.45) is 0 Å². The van der Waals surface area contributed by atoms with Crippen LogP contribution in [0.3, 0.4) is 0 Å². The van der Waals surface area contributed by atoms with Crippen molar-refractivity contribution >= 4 is 5.91 Å². The number of hydrogen-bond acceptors (Lipinski definition) is 3. The number of rotatable bonds is 4. The molecule has 0 radical (unpaired) electrons. The van der Waals surface area contributed by atoms with Crippen LogP contribution in [0.15, 0.2) is 41.1 Å². The second kappa shape index (κ2) is 5.49. The van der Waals surface area contributed by atoms with Gasteiger partial charge in [-0.3, -0.25) is 9.78 Å². The molecule has 2 aromatic rings. The fraction of sp³-hybridized carbons (Fsp3) is 0.286. The number of pyridine rings is 1. The largest absolute Gasteiger partial charge is 0.469 e. The van der Waals surface area contributed by atoms with E-state index >= 15 is 0 Å². The molecule has 0 bridgehead atoms. The molecule has 4 nitrogen and oxygen atoms in total. The van der Waals surface area contributed by atoms with Gasteiger partial charge >= 0.3 is 0 Å². The number of carbonyl (C=O) groups is 1. The van der Waals surface area contributed by atoms with Crippen LogP contribution < -0.4 is 5.32 Å². The molecule has 0 spiro atoms. The number of nitrogens with zero attached hydrogens (tertiary/aromatic N) is 1. The van der Waals surface area contributed by atoms with Crippen LogP contribution in [0.4, 0.5) is 0 Å². The van der Waals surface area contributed by atoms with E-state index in [2.05, 4.69) is 10.3 Å². The average Bonchev–Trinajstić information content (AvgIpc) is 2.82. The highest BCUT2D eigenvalue weighted by Gasteiger charge is 2.11. The number of furan rings is 1. The van der Waals surface area contributed by atoms with Crippen LogP contribution in [0, 0.1) is 6.92 Å².